The van der Waals surface area contributed by atoms with Crippen molar-refractivity contribution in [1.82, 2.24) is 0 Å². The van der Waals surface area contributed by atoms with E-state index in [1.807, 2.05) is 13.8 Å². The molecule has 0 unspecified atom stereocenters. The Morgan fingerprint density at radius 3 is 1.96 bits per heavy atom. The lowest BCUT2D eigenvalue weighted by molar-refractivity contribution is 0.0977. The van der Waals surface area contributed by atoms with E-state index >= 15 is 0 Å². The van der Waals surface area contributed by atoms with E-state index in [-0.39, 0.29) is 0 Å². The molecule has 0 spiro atoms. The van der Waals surface area contributed by atoms with Gasteiger partial charge in [-0.1, -0.05) is 84.7 Å². The molecule has 0 fully saturated rings. The lowest BCUT2D eigenvalue weighted by atomic mass is 9.82. The molecule has 0 amide bonds. The average Bonchev–Trinajstić information content (AvgIpc) is 3.07. The van der Waals surface area contributed by atoms with Crippen LogP contribution in [0.15, 0.2) is 30.3 Å². The molecule has 1 heterocycles. The standard InChI is InChI=1S/C12H18.C9H10OS.C3H8.C2H6/c1-5-12(3,4)11-8-6-10(2)7-9-11;1-6-5-7-3-2-4-8(10)9(7)11-6;1-3-2;1-2/h6-9H,5H2,1-4H3;5H,2-4H2,1H3;3H2,1-2H3;1-2H3. The van der Waals surface area contributed by atoms with Crippen molar-refractivity contribution < 1.29 is 4.79 Å². The van der Waals surface area contributed by atoms with E-state index in [0.717, 1.165) is 24.1 Å². The van der Waals surface area contributed by atoms with Crippen LogP contribution in [0.2, 0.25) is 0 Å². The van der Waals surface area contributed by atoms with Crippen molar-refractivity contribution >= 4 is 17.1 Å². The normalized spacial score (nSPS) is 12.4. The van der Waals surface area contributed by atoms with Gasteiger partial charge in [0.2, 0.25) is 0 Å². The summed E-state index contributed by atoms with van der Waals surface area (Å²) in [5, 5.41) is 0. The highest BCUT2D eigenvalue weighted by molar-refractivity contribution is 7.14. The van der Waals surface area contributed by atoms with Crippen LogP contribution in [0.25, 0.3) is 0 Å². The molecule has 1 aromatic carbocycles. The fraction of sp³-hybridized carbons (Fsp3) is 0.577. The summed E-state index contributed by atoms with van der Waals surface area (Å²) in [5.74, 6) is 0.351. The second-order valence-electron chi connectivity index (χ2n) is 7.80. The van der Waals surface area contributed by atoms with Gasteiger partial charge in [-0.15, -0.1) is 11.3 Å². The first-order valence-electron chi connectivity index (χ1n) is 10.9. The van der Waals surface area contributed by atoms with Crippen LogP contribution in [0.4, 0.5) is 0 Å². The number of benzene rings is 1. The van der Waals surface area contributed by atoms with Crippen LogP contribution in [0, 0.1) is 13.8 Å². The predicted molar refractivity (Wildman–Crippen MR) is 128 cm³/mol. The Bertz CT molecular complexity index is 677. The smallest absolute Gasteiger partial charge is 0.173 e. The topological polar surface area (TPSA) is 17.1 Å². The van der Waals surface area contributed by atoms with Crippen molar-refractivity contribution in [3.8, 4) is 0 Å². The van der Waals surface area contributed by atoms with Crippen molar-refractivity contribution in [2.24, 2.45) is 0 Å². The van der Waals surface area contributed by atoms with Crippen molar-refractivity contribution in [3.63, 3.8) is 0 Å². The molecule has 1 aliphatic carbocycles. The average molecular weight is 403 g/mol. The molecule has 1 aromatic heterocycles. The third kappa shape index (κ3) is 8.73. The highest BCUT2D eigenvalue weighted by Crippen LogP contribution is 2.29. The number of carbonyl (C=O) groups is 1. The summed E-state index contributed by atoms with van der Waals surface area (Å²) in [4.78, 5) is 13.6. The zero-order chi connectivity index (χ0) is 21.7. The summed E-state index contributed by atoms with van der Waals surface area (Å²) < 4.78 is 0. The number of aryl methyl sites for hydroxylation is 3. The summed E-state index contributed by atoms with van der Waals surface area (Å²) in [6.45, 7) is 19.3. The van der Waals surface area contributed by atoms with E-state index in [2.05, 4.69) is 78.8 Å². The third-order valence-corrected chi connectivity index (χ3v) is 5.89. The third-order valence-electron chi connectivity index (χ3n) is 4.75. The van der Waals surface area contributed by atoms with E-state index in [1.165, 1.54) is 34.4 Å². The number of thiophene rings is 1. The van der Waals surface area contributed by atoms with Gasteiger partial charge in [0, 0.05) is 11.3 Å². The summed E-state index contributed by atoms with van der Waals surface area (Å²) in [7, 11) is 0. The van der Waals surface area contributed by atoms with Crippen LogP contribution >= 0.6 is 11.3 Å². The Morgan fingerprint density at radius 1 is 0.964 bits per heavy atom. The summed E-state index contributed by atoms with van der Waals surface area (Å²) in [6.07, 6.45) is 5.34. The lowest BCUT2D eigenvalue weighted by Gasteiger charge is -2.23. The molecule has 1 nitrogen and oxygen atoms in total. The van der Waals surface area contributed by atoms with Crippen LogP contribution < -0.4 is 0 Å². The SMILES string of the molecule is CC.CCC.CCC(C)(C)c1ccc(C)cc1.Cc1cc2c(s1)C(=O)CCC2. The molecule has 1 aliphatic rings. The molecule has 0 aliphatic heterocycles. The Kier molecular flexibility index (Phi) is 13.0. The fourth-order valence-electron chi connectivity index (χ4n) is 2.75. The van der Waals surface area contributed by atoms with Gasteiger partial charge in [-0.3, -0.25) is 4.79 Å². The van der Waals surface area contributed by atoms with Crippen molar-refractivity contribution in [2.45, 2.75) is 99.8 Å². The summed E-state index contributed by atoms with van der Waals surface area (Å²) in [5.41, 5.74) is 4.39. The first-order valence-corrected chi connectivity index (χ1v) is 11.8. The highest BCUT2D eigenvalue weighted by Gasteiger charge is 2.19. The molecule has 0 N–H and O–H groups in total. The minimum absolute atomic E-state index is 0.327. The number of carbonyl (C=O) groups excluding carboxylic acids is 1. The molecule has 2 aromatic rings. The lowest BCUT2D eigenvalue weighted by Crippen LogP contribution is -2.14. The number of Topliss-reactive ketones (excluding diaryl/α,β-unsaturated/α-hetero) is 1. The zero-order valence-corrected chi connectivity index (χ0v) is 20.6. The van der Waals surface area contributed by atoms with Crippen LogP contribution in [0.5, 0.6) is 0 Å². The maximum Gasteiger partial charge on any atom is 0.173 e. The predicted octanol–water partition coefficient (Wildman–Crippen LogP) is 8.70. The molecule has 0 bridgehead atoms. The zero-order valence-electron chi connectivity index (χ0n) is 19.7. The molecule has 0 atom stereocenters. The van der Waals surface area contributed by atoms with Gasteiger partial charge in [-0.2, -0.15) is 0 Å². The fourth-order valence-corrected chi connectivity index (χ4v) is 3.78. The van der Waals surface area contributed by atoms with Crippen LogP contribution in [0.3, 0.4) is 0 Å². The second-order valence-corrected chi connectivity index (χ2v) is 9.06. The van der Waals surface area contributed by atoms with E-state index in [4.69, 9.17) is 0 Å². The molecular weight excluding hydrogens is 360 g/mol. The molecule has 0 saturated carbocycles. The Hall–Kier alpha value is -1.41. The Morgan fingerprint density at radius 2 is 1.50 bits per heavy atom. The number of fused-ring (bicyclic) bond motifs is 1. The molecule has 0 radical (unpaired) electrons. The van der Waals surface area contributed by atoms with Crippen molar-refractivity contribution in [2.75, 3.05) is 0 Å². The van der Waals surface area contributed by atoms with Gasteiger partial charge >= 0.3 is 0 Å². The van der Waals surface area contributed by atoms with E-state index in [0.29, 0.717) is 11.2 Å². The first kappa shape index (κ1) is 26.6. The Balaban J connectivity index is 0.000000425. The second kappa shape index (κ2) is 13.7. The first-order chi connectivity index (χ1) is 13.2. The molecule has 158 valence electrons. The number of hydrogen-bond acceptors (Lipinski definition) is 2. The van der Waals surface area contributed by atoms with Crippen molar-refractivity contribution in [1.29, 1.82) is 0 Å². The molecule has 0 saturated heterocycles. The van der Waals surface area contributed by atoms with Gasteiger partial charge in [-0.05, 0) is 55.7 Å². The minimum atomic E-state index is 0.327. The van der Waals surface area contributed by atoms with Gasteiger partial charge in [0.05, 0.1) is 4.88 Å². The largest absolute Gasteiger partial charge is 0.293 e. The number of ketones is 1. The minimum Gasteiger partial charge on any atom is -0.293 e. The van der Waals surface area contributed by atoms with Crippen LogP contribution in [-0.4, -0.2) is 5.78 Å². The van der Waals surface area contributed by atoms with E-state index in [1.54, 1.807) is 11.3 Å². The van der Waals surface area contributed by atoms with Gasteiger partial charge in [-0.25, -0.2) is 0 Å². The summed E-state index contributed by atoms with van der Waals surface area (Å²) >= 11 is 1.65. The number of hydrogen-bond donors (Lipinski definition) is 0. The maximum atomic E-state index is 11.3. The van der Waals surface area contributed by atoms with Crippen molar-refractivity contribution in [3.05, 3.63) is 56.8 Å². The summed E-state index contributed by atoms with van der Waals surface area (Å²) in [6, 6.07) is 11.0. The number of rotatable bonds is 2. The maximum absolute atomic E-state index is 11.3. The monoisotopic (exact) mass is 402 g/mol. The van der Waals surface area contributed by atoms with Gasteiger partial charge < -0.3 is 0 Å². The van der Waals surface area contributed by atoms with E-state index < -0.39 is 0 Å². The molecule has 2 heteroatoms. The van der Waals surface area contributed by atoms with Gasteiger partial charge in [0.15, 0.2) is 5.78 Å². The van der Waals surface area contributed by atoms with Crippen LogP contribution in [-0.2, 0) is 11.8 Å². The highest BCUT2D eigenvalue weighted by atomic mass is 32.1. The van der Waals surface area contributed by atoms with E-state index in [9.17, 15) is 4.79 Å². The quantitative estimate of drug-likeness (QED) is 0.491. The molecular formula is C26H42OS. The molecule has 28 heavy (non-hydrogen) atoms. The van der Waals surface area contributed by atoms with Gasteiger partial charge in [0.25, 0.3) is 0 Å². The molecule has 3 rings (SSSR count). The van der Waals surface area contributed by atoms with Gasteiger partial charge in [0.1, 0.15) is 0 Å². The Labute approximate surface area is 178 Å². The van der Waals surface area contributed by atoms with Crippen LogP contribution in [0.1, 0.15) is 105 Å².